The average molecular weight is 164 g/mol. The van der Waals surface area contributed by atoms with Crippen LogP contribution in [0.4, 0.5) is 0 Å². The summed E-state index contributed by atoms with van der Waals surface area (Å²) in [4.78, 5) is 0. The Morgan fingerprint density at radius 3 is 2.33 bits per heavy atom. The first kappa shape index (κ1) is 7.41. The summed E-state index contributed by atoms with van der Waals surface area (Å²) in [6, 6.07) is 0. The summed E-state index contributed by atoms with van der Waals surface area (Å²) in [5, 5.41) is 0. The highest BCUT2D eigenvalue weighted by atomic mass is 14.6. The Balaban J connectivity index is 1.86. The Labute approximate surface area is 75.7 Å². The molecule has 0 unspecified atom stereocenters. The maximum atomic E-state index is 2.49. The molecule has 68 valence electrons. The van der Waals surface area contributed by atoms with E-state index in [0.29, 0.717) is 0 Å². The van der Waals surface area contributed by atoms with Crippen LogP contribution in [0.5, 0.6) is 0 Å². The molecule has 0 saturated heterocycles. The molecule has 3 aliphatic rings. The molecule has 0 aliphatic heterocycles. The maximum absolute atomic E-state index is 2.49. The molecule has 3 saturated carbocycles. The van der Waals surface area contributed by atoms with Crippen molar-refractivity contribution in [1.29, 1.82) is 0 Å². The zero-order valence-electron chi connectivity index (χ0n) is 8.29. The molecular formula is C12H20. The highest BCUT2D eigenvalue weighted by molar-refractivity contribution is 5.02. The Bertz CT molecular complexity index is 192. The summed E-state index contributed by atoms with van der Waals surface area (Å²) in [6.07, 6.45) is 6.30. The van der Waals surface area contributed by atoms with Crippen LogP contribution in [0.2, 0.25) is 0 Å². The standard InChI is InChI=1S/C12H20/c1-7-3-11-9-5-8(2)10(6-9)12(11)4-7/h7-12H,3-6H2,1-2H3/t7-,8-,9+,10+,11-,12-/m0/s1. The molecule has 0 N–H and O–H groups in total. The van der Waals surface area contributed by atoms with Crippen molar-refractivity contribution in [3.05, 3.63) is 0 Å². The molecular weight excluding hydrogens is 144 g/mol. The number of hydrogen-bond donors (Lipinski definition) is 0. The fourth-order valence-electron chi connectivity index (χ4n) is 4.69. The third kappa shape index (κ3) is 0.791. The molecule has 6 atom stereocenters. The normalized spacial score (nSPS) is 62.5. The summed E-state index contributed by atoms with van der Waals surface area (Å²) in [7, 11) is 0. The van der Waals surface area contributed by atoms with E-state index < -0.39 is 0 Å². The predicted molar refractivity (Wildman–Crippen MR) is 50.8 cm³/mol. The largest absolute Gasteiger partial charge is 0.0625 e. The van der Waals surface area contributed by atoms with E-state index >= 15 is 0 Å². The molecule has 3 rings (SSSR count). The van der Waals surface area contributed by atoms with Crippen LogP contribution in [0.3, 0.4) is 0 Å². The van der Waals surface area contributed by atoms with E-state index in [-0.39, 0.29) is 0 Å². The quantitative estimate of drug-likeness (QED) is 0.515. The van der Waals surface area contributed by atoms with E-state index in [1.54, 1.807) is 25.7 Å². The highest BCUT2D eigenvalue weighted by Gasteiger charge is 2.53. The average Bonchev–Trinajstić information content (AvgIpc) is 2.57. The van der Waals surface area contributed by atoms with Gasteiger partial charge >= 0.3 is 0 Å². The number of hydrogen-bond acceptors (Lipinski definition) is 0. The maximum Gasteiger partial charge on any atom is -0.0349 e. The molecule has 2 bridgehead atoms. The van der Waals surface area contributed by atoms with Crippen molar-refractivity contribution in [2.45, 2.75) is 39.5 Å². The van der Waals surface area contributed by atoms with Gasteiger partial charge in [0.05, 0.1) is 0 Å². The summed E-state index contributed by atoms with van der Waals surface area (Å²) in [6.45, 7) is 4.95. The first-order chi connectivity index (χ1) is 5.75. The van der Waals surface area contributed by atoms with Crippen molar-refractivity contribution in [2.75, 3.05) is 0 Å². The zero-order chi connectivity index (χ0) is 8.29. The van der Waals surface area contributed by atoms with Gasteiger partial charge in [-0.3, -0.25) is 0 Å². The van der Waals surface area contributed by atoms with E-state index in [9.17, 15) is 0 Å². The fraction of sp³-hybridized carbons (Fsp3) is 1.00. The van der Waals surface area contributed by atoms with Gasteiger partial charge in [-0.15, -0.1) is 0 Å². The molecule has 3 fully saturated rings. The molecule has 0 amide bonds. The summed E-state index contributed by atoms with van der Waals surface area (Å²) >= 11 is 0. The Kier molecular flexibility index (Phi) is 1.40. The number of fused-ring (bicyclic) bond motifs is 5. The highest BCUT2D eigenvalue weighted by Crippen LogP contribution is 2.61. The van der Waals surface area contributed by atoms with Crippen molar-refractivity contribution in [1.82, 2.24) is 0 Å². The van der Waals surface area contributed by atoms with Crippen molar-refractivity contribution < 1.29 is 0 Å². The minimum absolute atomic E-state index is 1.05. The summed E-state index contributed by atoms with van der Waals surface area (Å²) < 4.78 is 0. The fourth-order valence-corrected chi connectivity index (χ4v) is 4.69. The van der Waals surface area contributed by atoms with Crippen LogP contribution >= 0.6 is 0 Å². The molecule has 0 spiro atoms. The van der Waals surface area contributed by atoms with Crippen LogP contribution in [0, 0.1) is 35.5 Å². The molecule has 0 heteroatoms. The monoisotopic (exact) mass is 164 g/mol. The van der Waals surface area contributed by atoms with Crippen molar-refractivity contribution in [3.8, 4) is 0 Å². The van der Waals surface area contributed by atoms with Gasteiger partial charge in [0.25, 0.3) is 0 Å². The molecule has 0 nitrogen and oxygen atoms in total. The second-order valence-electron chi connectivity index (χ2n) is 5.78. The van der Waals surface area contributed by atoms with Gasteiger partial charge in [-0.05, 0) is 61.2 Å². The van der Waals surface area contributed by atoms with E-state index in [0.717, 1.165) is 29.6 Å². The van der Waals surface area contributed by atoms with Crippen LogP contribution < -0.4 is 0 Å². The first-order valence-corrected chi connectivity index (χ1v) is 5.75. The van der Waals surface area contributed by atoms with Crippen molar-refractivity contribution >= 4 is 0 Å². The van der Waals surface area contributed by atoms with Crippen LogP contribution in [0.25, 0.3) is 0 Å². The minimum Gasteiger partial charge on any atom is -0.0625 e. The minimum atomic E-state index is 1.05. The van der Waals surface area contributed by atoms with E-state index in [4.69, 9.17) is 0 Å². The third-order valence-electron chi connectivity index (χ3n) is 5.03. The Morgan fingerprint density at radius 2 is 1.50 bits per heavy atom. The van der Waals surface area contributed by atoms with Crippen LogP contribution in [0.15, 0.2) is 0 Å². The SMILES string of the molecule is C[C@@H]1C[C@@H]2[C@@H](C1)[C@H]1C[C@@H]2[C@@H](C)C1. The van der Waals surface area contributed by atoms with Gasteiger partial charge in [-0.2, -0.15) is 0 Å². The lowest BCUT2D eigenvalue weighted by molar-refractivity contribution is 0.201. The summed E-state index contributed by atoms with van der Waals surface area (Å²) in [5.41, 5.74) is 0. The topological polar surface area (TPSA) is 0 Å². The van der Waals surface area contributed by atoms with E-state index in [1.165, 1.54) is 5.92 Å². The lowest BCUT2D eigenvalue weighted by Gasteiger charge is -2.29. The molecule has 0 heterocycles. The Morgan fingerprint density at radius 1 is 0.750 bits per heavy atom. The molecule has 3 aliphatic carbocycles. The molecule has 12 heavy (non-hydrogen) atoms. The van der Waals surface area contributed by atoms with E-state index in [1.807, 2.05) is 0 Å². The first-order valence-electron chi connectivity index (χ1n) is 5.75. The Hall–Kier alpha value is 0. The van der Waals surface area contributed by atoms with Gasteiger partial charge < -0.3 is 0 Å². The molecule has 0 radical (unpaired) electrons. The molecule has 0 aromatic carbocycles. The third-order valence-corrected chi connectivity index (χ3v) is 5.03. The van der Waals surface area contributed by atoms with Gasteiger partial charge in [-0.1, -0.05) is 13.8 Å². The molecule has 0 aromatic rings. The predicted octanol–water partition coefficient (Wildman–Crippen LogP) is 3.32. The second-order valence-corrected chi connectivity index (χ2v) is 5.78. The van der Waals surface area contributed by atoms with Gasteiger partial charge in [0.15, 0.2) is 0 Å². The van der Waals surface area contributed by atoms with Gasteiger partial charge in [0, 0.05) is 0 Å². The zero-order valence-corrected chi connectivity index (χ0v) is 8.29. The second kappa shape index (κ2) is 2.27. The van der Waals surface area contributed by atoms with Gasteiger partial charge in [-0.25, -0.2) is 0 Å². The van der Waals surface area contributed by atoms with Crippen molar-refractivity contribution in [3.63, 3.8) is 0 Å². The van der Waals surface area contributed by atoms with Gasteiger partial charge in [0.1, 0.15) is 0 Å². The van der Waals surface area contributed by atoms with Crippen LogP contribution in [-0.2, 0) is 0 Å². The van der Waals surface area contributed by atoms with Crippen LogP contribution in [-0.4, -0.2) is 0 Å². The number of rotatable bonds is 0. The van der Waals surface area contributed by atoms with Crippen molar-refractivity contribution in [2.24, 2.45) is 35.5 Å². The van der Waals surface area contributed by atoms with E-state index in [2.05, 4.69) is 13.8 Å². The lowest BCUT2D eigenvalue weighted by Crippen LogP contribution is -2.22. The molecule has 0 aromatic heterocycles. The summed E-state index contributed by atoms with van der Waals surface area (Å²) in [5.74, 6) is 6.75. The van der Waals surface area contributed by atoms with Gasteiger partial charge in [0.2, 0.25) is 0 Å². The lowest BCUT2D eigenvalue weighted by atomic mass is 9.77. The van der Waals surface area contributed by atoms with Crippen LogP contribution in [0.1, 0.15) is 39.5 Å². The smallest absolute Gasteiger partial charge is 0.0349 e.